The molecule has 72 valence electrons. The third-order valence-electron chi connectivity index (χ3n) is 1.35. The smallest absolute Gasteiger partial charge is 0.308 e. The summed E-state index contributed by atoms with van der Waals surface area (Å²) in [5.41, 5.74) is 0.975. The minimum absolute atomic E-state index is 0.278. The van der Waals surface area contributed by atoms with Crippen LogP contribution >= 0.6 is 22.6 Å². The van der Waals surface area contributed by atoms with E-state index in [1.165, 1.54) is 6.92 Å². The summed E-state index contributed by atoms with van der Waals surface area (Å²) in [6, 6.07) is 7.42. The van der Waals surface area contributed by atoms with Crippen molar-refractivity contribution in [1.82, 2.24) is 0 Å². The number of halogens is 1. The van der Waals surface area contributed by atoms with Crippen molar-refractivity contribution in [3.63, 3.8) is 0 Å². The van der Waals surface area contributed by atoms with E-state index in [1.54, 1.807) is 6.07 Å². The monoisotopic (exact) mass is 292 g/mol. The molecule has 0 amide bonds. The number of alkyl halides is 1. The molecule has 0 atom stereocenters. The van der Waals surface area contributed by atoms with Crippen molar-refractivity contribution in [2.75, 3.05) is 4.93 Å². The van der Waals surface area contributed by atoms with Gasteiger partial charge in [-0.15, -0.1) is 0 Å². The van der Waals surface area contributed by atoms with Crippen LogP contribution in [-0.4, -0.2) is 10.9 Å². The number of esters is 1. The fourth-order valence-electron chi connectivity index (χ4n) is 0.826. The molecule has 2 nitrogen and oxygen atoms in total. The second-order valence-electron chi connectivity index (χ2n) is 2.36. The van der Waals surface area contributed by atoms with Crippen molar-refractivity contribution in [2.24, 2.45) is 0 Å². The normalized spacial score (nSPS) is 8.31. The molecule has 0 aliphatic rings. The Kier molecular flexibility index (Phi) is 6.58. The van der Waals surface area contributed by atoms with Crippen LogP contribution in [0.1, 0.15) is 12.5 Å². The number of hydrogen-bond donors (Lipinski definition) is 0. The maximum absolute atomic E-state index is 10.5. The molecule has 0 aliphatic heterocycles. The van der Waals surface area contributed by atoms with E-state index >= 15 is 0 Å². The summed E-state index contributed by atoms with van der Waals surface area (Å²) in [6.07, 6.45) is 0. The fourth-order valence-corrected chi connectivity index (χ4v) is 0.826. The molecule has 13 heavy (non-hydrogen) atoms. The van der Waals surface area contributed by atoms with E-state index in [0.717, 1.165) is 5.56 Å². The second kappa shape index (κ2) is 6.88. The van der Waals surface area contributed by atoms with Gasteiger partial charge in [0.05, 0.1) is 0 Å². The van der Waals surface area contributed by atoms with Gasteiger partial charge in [-0.05, 0) is 23.5 Å². The number of carbonyl (C=O) groups excluding carboxylic acids is 1. The Hall–Kier alpha value is -0.580. The Bertz CT molecular complexity index is 271. The fraction of sp³-hybridized carbons (Fsp3) is 0.300. The van der Waals surface area contributed by atoms with Crippen molar-refractivity contribution in [1.29, 1.82) is 0 Å². The van der Waals surface area contributed by atoms with Gasteiger partial charge in [-0.2, -0.15) is 0 Å². The first-order valence-electron chi connectivity index (χ1n) is 3.82. The molecule has 0 saturated heterocycles. The van der Waals surface area contributed by atoms with Crippen LogP contribution in [0.5, 0.6) is 5.75 Å². The summed E-state index contributed by atoms with van der Waals surface area (Å²) in [4.78, 5) is 12.5. The molecule has 0 aromatic heterocycles. The third-order valence-corrected chi connectivity index (χ3v) is 1.35. The Morgan fingerprint density at radius 3 is 2.31 bits per heavy atom. The van der Waals surface area contributed by atoms with Gasteiger partial charge in [0.1, 0.15) is 5.75 Å². The predicted molar refractivity (Wildman–Crippen MR) is 62.4 cm³/mol. The molecule has 3 heteroatoms. The predicted octanol–water partition coefficient (Wildman–Crippen LogP) is 2.97. The van der Waals surface area contributed by atoms with Crippen molar-refractivity contribution >= 4 is 28.6 Å². The molecular formula is C10H13IO2. The van der Waals surface area contributed by atoms with Gasteiger partial charge in [0.15, 0.2) is 0 Å². The zero-order chi connectivity index (χ0) is 10.3. The highest BCUT2D eigenvalue weighted by molar-refractivity contribution is 14.1. The zero-order valence-corrected chi connectivity index (χ0v) is 10.2. The number of rotatable bonds is 1. The molecule has 0 radical (unpaired) electrons. The SMILES string of the molecule is CC(=O)Oc1ccccc1C.CI. The average molecular weight is 292 g/mol. The Balaban J connectivity index is 0.000000671. The molecule has 0 bridgehead atoms. The van der Waals surface area contributed by atoms with E-state index in [4.69, 9.17) is 4.74 Å². The minimum Gasteiger partial charge on any atom is -0.426 e. The Morgan fingerprint density at radius 2 is 1.85 bits per heavy atom. The second-order valence-corrected chi connectivity index (χ2v) is 2.36. The van der Waals surface area contributed by atoms with Crippen LogP contribution in [-0.2, 0) is 4.79 Å². The van der Waals surface area contributed by atoms with E-state index in [2.05, 4.69) is 22.6 Å². The summed E-state index contributed by atoms with van der Waals surface area (Å²) in [5, 5.41) is 0. The molecule has 1 aromatic carbocycles. The topological polar surface area (TPSA) is 26.3 Å². The first-order valence-corrected chi connectivity index (χ1v) is 5.98. The minimum atomic E-state index is -0.278. The lowest BCUT2D eigenvalue weighted by molar-refractivity contribution is -0.131. The lowest BCUT2D eigenvalue weighted by Gasteiger charge is -2.02. The van der Waals surface area contributed by atoms with E-state index in [-0.39, 0.29) is 5.97 Å². The van der Waals surface area contributed by atoms with Crippen molar-refractivity contribution in [3.05, 3.63) is 29.8 Å². The van der Waals surface area contributed by atoms with Crippen molar-refractivity contribution in [2.45, 2.75) is 13.8 Å². The average Bonchev–Trinajstić information content (AvgIpc) is 2.12. The molecule has 0 unspecified atom stereocenters. The van der Waals surface area contributed by atoms with E-state index in [9.17, 15) is 4.79 Å². The third kappa shape index (κ3) is 4.87. The van der Waals surface area contributed by atoms with Gasteiger partial charge in [-0.25, -0.2) is 0 Å². The van der Waals surface area contributed by atoms with E-state index in [0.29, 0.717) is 5.75 Å². The maximum atomic E-state index is 10.5. The molecule has 0 saturated carbocycles. The molecule has 0 spiro atoms. The number of carbonyl (C=O) groups is 1. The van der Waals surface area contributed by atoms with Gasteiger partial charge in [0, 0.05) is 6.92 Å². The molecule has 0 heterocycles. The van der Waals surface area contributed by atoms with Crippen LogP contribution < -0.4 is 4.74 Å². The summed E-state index contributed by atoms with van der Waals surface area (Å²) in [6.45, 7) is 3.30. The number of para-hydroxylation sites is 1. The highest BCUT2D eigenvalue weighted by atomic mass is 127. The lowest BCUT2D eigenvalue weighted by Crippen LogP contribution is -2.02. The molecule has 0 aliphatic carbocycles. The number of hydrogen-bond acceptors (Lipinski definition) is 2. The lowest BCUT2D eigenvalue weighted by atomic mass is 10.2. The van der Waals surface area contributed by atoms with Gasteiger partial charge in [-0.3, -0.25) is 4.79 Å². The number of benzene rings is 1. The Labute approximate surface area is 92.4 Å². The molecule has 0 fully saturated rings. The summed E-state index contributed by atoms with van der Waals surface area (Å²) in [5.74, 6) is 0.360. The van der Waals surface area contributed by atoms with Crippen LogP contribution in [0.4, 0.5) is 0 Å². The quantitative estimate of drug-likeness (QED) is 0.344. The maximum Gasteiger partial charge on any atom is 0.308 e. The van der Waals surface area contributed by atoms with Crippen LogP contribution in [0.2, 0.25) is 0 Å². The molecule has 1 rings (SSSR count). The van der Waals surface area contributed by atoms with Gasteiger partial charge in [0.25, 0.3) is 0 Å². The highest BCUT2D eigenvalue weighted by Crippen LogP contribution is 2.15. The van der Waals surface area contributed by atoms with Crippen molar-refractivity contribution in [3.8, 4) is 5.75 Å². The summed E-state index contributed by atoms with van der Waals surface area (Å²) in [7, 11) is 0. The highest BCUT2D eigenvalue weighted by Gasteiger charge is 1.99. The summed E-state index contributed by atoms with van der Waals surface area (Å²) < 4.78 is 4.91. The van der Waals surface area contributed by atoms with Crippen molar-refractivity contribution < 1.29 is 9.53 Å². The molecular weight excluding hydrogens is 279 g/mol. The van der Waals surface area contributed by atoms with Crippen LogP contribution in [0.15, 0.2) is 24.3 Å². The summed E-state index contributed by atoms with van der Waals surface area (Å²) >= 11 is 2.15. The number of aryl methyl sites for hydroxylation is 1. The van der Waals surface area contributed by atoms with E-state index in [1.807, 2.05) is 30.1 Å². The van der Waals surface area contributed by atoms with Gasteiger partial charge in [0.2, 0.25) is 0 Å². The first kappa shape index (κ1) is 12.4. The Morgan fingerprint density at radius 1 is 1.31 bits per heavy atom. The molecule has 0 N–H and O–H groups in total. The van der Waals surface area contributed by atoms with Gasteiger partial charge in [-0.1, -0.05) is 40.8 Å². The molecule has 1 aromatic rings. The standard InChI is InChI=1S/C9H10O2.CH3I/c1-7-5-3-4-6-9(7)11-8(2)10;1-2/h3-6H,1-2H3;1H3. The van der Waals surface area contributed by atoms with Crippen LogP contribution in [0.3, 0.4) is 0 Å². The zero-order valence-electron chi connectivity index (χ0n) is 8.00. The van der Waals surface area contributed by atoms with Gasteiger partial charge < -0.3 is 4.74 Å². The van der Waals surface area contributed by atoms with E-state index < -0.39 is 0 Å². The van der Waals surface area contributed by atoms with Crippen LogP contribution in [0.25, 0.3) is 0 Å². The first-order chi connectivity index (χ1) is 6.20. The van der Waals surface area contributed by atoms with Crippen LogP contribution in [0, 0.1) is 6.92 Å². The number of ether oxygens (including phenoxy) is 1. The largest absolute Gasteiger partial charge is 0.426 e. The van der Waals surface area contributed by atoms with Gasteiger partial charge >= 0.3 is 5.97 Å².